The predicted molar refractivity (Wildman–Crippen MR) is 87.5 cm³/mol. The Morgan fingerprint density at radius 2 is 1.83 bits per heavy atom. The van der Waals surface area contributed by atoms with Crippen LogP contribution in [-0.4, -0.2) is 63.3 Å². The van der Waals surface area contributed by atoms with Crippen molar-refractivity contribution in [3.8, 4) is 0 Å². The molecule has 0 N–H and O–H groups in total. The molecule has 0 atom stereocenters. The van der Waals surface area contributed by atoms with Crippen molar-refractivity contribution in [2.75, 3.05) is 51.5 Å². The molecule has 0 saturated carbocycles. The zero-order valence-corrected chi connectivity index (χ0v) is 14.0. The van der Waals surface area contributed by atoms with E-state index in [9.17, 15) is 9.59 Å². The molecule has 6 nitrogen and oxygen atoms in total. The minimum atomic E-state index is -0.158. The van der Waals surface area contributed by atoms with E-state index in [0.717, 1.165) is 16.8 Å². The summed E-state index contributed by atoms with van der Waals surface area (Å²) in [6, 6.07) is 6.07. The van der Waals surface area contributed by atoms with Crippen LogP contribution >= 0.6 is 0 Å². The maximum Gasteiger partial charge on any atom is 0.249 e. The molecular weight excluding hydrogens is 296 g/mol. The number of carbonyl (C=O) groups excluding carboxylic acids is 2. The SMILES string of the molecule is COCCOCC(=O)N1CCN(c2cc(C)cc(C)c2)C(=O)C1. The molecule has 1 aromatic rings. The van der Waals surface area contributed by atoms with E-state index in [1.807, 2.05) is 26.0 Å². The molecule has 0 radical (unpaired) electrons. The molecule has 1 heterocycles. The van der Waals surface area contributed by atoms with Crippen LogP contribution in [0.4, 0.5) is 5.69 Å². The third kappa shape index (κ3) is 4.77. The summed E-state index contributed by atoms with van der Waals surface area (Å²) in [4.78, 5) is 27.7. The van der Waals surface area contributed by atoms with Gasteiger partial charge in [-0.05, 0) is 37.1 Å². The summed E-state index contributed by atoms with van der Waals surface area (Å²) >= 11 is 0. The molecule has 0 bridgehead atoms. The number of amides is 2. The number of piperazine rings is 1. The van der Waals surface area contributed by atoms with Gasteiger partial charge in [-0.1, -0.05) is 6.07 Å². The van der Waals surface area contributed by atoms with Crippen LogP contribution in [0, 0.1) is 13.8 Å². The number of ether oxygens (including phenoxy) is 2. The van der Waals surface area contributed by atoms with Crippen molar-refractivity contribution in [1.82, 2.24) is 4.90 Å². The van der Waals surface area contributed by atoms with E-state index in [1.54, 1.807) is 16.9 Å². The minimum absolute atomic E-state index is 0.0137. The second kappa shape index (κ2) is 8.08. The number of hydrogen-bond donors (Lipinski definition) is 0. The smallest absolute Gasteiger partial charge is 0.249 e. The fourth-order valence-corrected chi connectivity index (χ4v) is 2.66. The highest BCUT2D eigenvalue weighted by molar-refractivity contribution is 5.98. The van der Waals surface area contributed by atoms with Crippen molar-refractivity contribution in [1.29, 1.82) is 0 Å². The minimum Gasteiger partial charge on any atom is -0.382 e. The summed E-state index contributed by atoms with van der Waals surface area (Å²) in [6.45, 7) is 5.96. The Morgan fingerprint density at radius 3 is 2.43 bits per heavy atom. The van der Waals surface area contributed by atoms with Gasteiger partial charge in [0.2, 0.25) is 11.8 Å². The summed E-state index contributed by atoms with van der Waals surface area (Å²) in [6.07, 6.45) is 0. The van der Waals surface area contributed by atoms with E-state index >= 15 is 0 Å². The standard InChI is InChI=1S/C17H24N2O4/c1-13-8-14(2)10-15(9-13)19-5-4-18(11-16(19)20)17(21)12-23-7-6-22-3/h8-10H,4-7,11-12H2,1-3H3. The van der Waals surface area contributed by atoms with Gasteiger partial charge in [0.15, 0.2) is 0 Å². The van der Waals surface area contributed by atoms with Crippen LogP contribution in [0.15, 0.2) is 18.2 Å². The number of rotatable bonds is 6. The van der Waals surface area contributed by atoms with Crippen LogP contribution in [0.25, 0.3) is 0 Å². The van der Waals surface area contributed by atoms with E-state index in [4.69, 9.17) is 9.47 Å². The Balaban J connectivity index is 1.92. The van der Waals surface area contributed by atoms with Gasteiger partial charge in [-0.2, -0.15) is 0 Å². The van der Waals surface area contributed by atoms with Crippen molar-refractivity contribution in [3.05, 3.63) is 29.3 Å². The van der Waals surface area contributed by atoms with Gasteiger partial charge in [-0.3, -0.25) is 9.59 Å². The average molecular weight is 320 g/mol. The van der Waals surface area contributed by atoms with Crippen molar-refractivity contribution in [2.45, 2.75) is 13.8 Å². The highest BCUT2D eigenvalue weighted by atomic mass is 16.5. The summed E-state index contributed by atoms with van der Waals surface area (Å²) in [7, 11) is 1.58. The van der Waals surface area contributed by atoms with Gasteiger partial charge in [-0.15, -0.1) is 0 Å². The van der Waals surface area contributed by atoms with Crippen molar-refractivity contribution >= 4 is 17.5 Å². The number of methoxy groups -OCH3 is 1. The molecule has 1 aromatic carbocycles. The molecule has 126 valence electrons. The fraction of sp³-hybridized carbons (Fsp3) is 0.529. The Bertz CT molecular complexity index is 553. The number of carbonyl (C=O) groups is 2. The Labute approximate surface area is 137 Å². The monoisotopic (exact) mass is 320 g/mol. The molecule has 1 fully saturated rings. The predicted octanol–water partition coefficient (Wildman–Crippen LogP) is 1.14. The molecule has 0 unspecified atom stereocenters. The van der Waals surface area contributed by atoms with E-state index in [-0.39, 0.29) is 25.0 Å². The van der Waals surface area contributed by atoms with Crippen molar-refractivity contribution < 1.29 is 19.1 Å². The maximum absolute atomic E-state index is 12.4. The van der Waals surface area contributed by atoms with Gasteiger partial charge < -0.3 is 19.3 Å². The zero-order chi connectivity index (χ0) is 16.8. The lowest BCUT2D eigenvalue weighted by Gasteiger charge is -2.34. The van der Waals surface area contributed by atoms with Crippen LogP contribution in [0.1, 0.15) is 11.1 Å². The van der Waals surface area contributed by atoms with E-state index < -0.39 is 0 Å². The quantitative estimate of drug-likeness (QED) is 0.738. The van der Waals surface area contributed by atoms with E-state index in [2.05, 4.69) is 6.07 Å². The van der Waals surface area contributed by atoms with Crippen LogP contribution in [0.2, 0.25) is 0 Å². The molecule has 2 rings (SSSR count). The maximum atomic E-state index is 12.4. The van der Waals surface area contributed by atoms with Gasteiger partial charge in [0.25, 0.3) is 0 Å². The fourth-order valence-electron chi connectivity index (χ4n) is 2.66. The van der Waals surface area contributed by atoms with Gasteiger partial charge in [0.05, 0.1) is 13.2 Å². The first-order chi connectivity index (χ1) is 11.0. The first-order valence-electron chi connectivity index (χ1n) is 7.74. The normalized spacial score (nSPS) is 15.2. The lowest BCUT2D eigenvalue weighted by atomic mass is 10.1. The van der Waals surface area contributed by atoms with Crippen LogP contribution < -0.4 is 4.90 Å². The largest absolute Gasteiger partial charge is 0.382 e. The average Bonchev–Trinajstić information content (AvgIpc) is 2.50. The van der Waals surface area contributed by atoms with E-state index in [0.29, 0.717) is 26.3 Å². The number of aryl methyl sites for hydroxylation is 2. The summed E-state index contributed by atoms with van der Waals surface area (Å²) in [5.41, 5.74) is 3.15. The molecule has 0 aromatic heterocycles. The number of benzene rings is 1. The highest BCUT2D eigenvalue weighted by Gasteiger charge is 2.28. The zero-order valence-electron chi connectivity index (χ0n) is 14.0. The van der Waals surface area contributed by atoms with Crippen LogP contribution in [0.5, 0.6) is 0 Å². The topological polar surface area (TPSA) is 59.1 Å². The van der Waals surface area contributed by atoms with Crippen molar-refractivity contribution in [2.24, 2.45) is 0 Å². The molecular formula is C17H24N2O4. The third-order valence-corrected chi connectivity index (χ3v) is 3.75. The van der Waals surface area contributed by atoms with E-state index in [1.165, 1.54) is 0 Å². The summed E-state index contributed by atoms with van der Waals surface area (Å²) in [5.74, 6) is -0.221. The Morgan fingerprint density at radius 1 is 1.13 bits per heavy atom. The first kappa shape index (κ1) is 17.4. The van der Waals surface area contributed by atoms with Crippen LogP contribution in [0.3, 0.4) is 0 Å². The first-order valence-corrected chi connectivity index (χ1v) is 7.74. The van der Waals surface area contributed by atoms with Crippen LogP contribution in [-0.2, 0) is 19.1 Å². The summed E-state index contributed by atoms with van der Waals surface area (Å²) < 4.78 is 10.1. The van der Waals surface area contributed by atoms with Gasteiger partial charge in [0, 0.05) is 25.9 Å². The Kier molecular flexibility index (Phi) is 6.12. The third-order valence-electron chi connectivity index (χ3n) is 3.75. The molecule has 1 aliphatic rings. The molecule has 6 heteroatoms. The number of nitrogens with zero attached hydrogens (tertiary/aromatic N) is 2. The second-order valence-electron chi connectivity index (χ2n) is 5.75. The van der Waals surface area contributed by atoms with Gasteiger partial charge >= 0.3 is 0 Å². The lowest BCUT2D eigenvalue weighted by Crippen LogP contribution is -2.53. The number of anilines is 1. The molecule has 23 heavy (non-hydrogen) atoms. The molecule has 0 spiro atoms. The van der Waals surface area contributed by atoms with Gasteiger partial charge in [0.1, 0.15) is 13.2 Å². The number of hydrogen-bond acceptors (Lipinski definition) is 4. The van der Waals surface area contributed by atoms with Crippen molar-refractivity contribution in [3.63, 3.8) is 0 Å². The Hall–Kier alpha value is -1.92. The molecule has 2 amide bonds. The molecule has 1 saturated heterocycles. The molecule has 0 aliphatic carbocycles. The lowest BCUT2D eigenvalue weighted by molar-refractivity contribution is -0.141. The highest BCUT2D eigenvalue weighted by Crippen LogP contribution is 2.21. The second-order valence-corrected chi connectivity index (χ2v) is 5.75. The van der Waals surface area contributed by atoms with Gasteiger partial charge in [-0.25, -0.2) is 0 Å². The summed E-state index contributed by atoms with van der Waals surface area (Å²) in [5, 5.41) is 0. The molecule has 1 aliphatic heterocycles.